The lowest BCUT2D eigenvalue weighted by Crippen LogP contribution is -2.52. The number of sulfonamides is 1. The molecule has 0 fully saturated rings. The van der Waals surface area contributed by atoms with Gasteiger partial charge < -0.3 is 10.2 Å². The second-order valence-corrected chi connectivity index (χ2v) is 10.9. The molecule has 0 spiro atoms. The summed E-state index contributed by atoms with van der Waals surface area (Å²) < 4.78 is 26.2. The summed E-state index contributed by atoms with van der Waals surface area (Å²) in [5, 5.41) is 3.78. The molecule has 0 aliphatic rings. The van der Waals surface area contributed by atoms with Crippen LogP contribution in [0.5, 0.6) is 0 Å². The predicted octanol–water partition coefficient (Wildman–Crippen LogP) is 4.66. The van der Waals surface area contributed by atoms with Crippen molar-refractivity contribution in [1.29, 1.82) is 0 Å². The first-order valence-corrected chi connectivity index (χ1v) is 13.6. The third kappa shape index (κ3) is 7.25. The first-order chi connectivity index (χ1) is 15.9. The smallest absolute Gasteiger partial charge is 0.244 e. The van der Waals surface area contributed by atoms with Crippen LogP contribution in [0.2, 0.25) is 15.1 Å². The molecule has 0 radical (unpaired) electrons. The van der Waals surface area contributed by atoms with Gasteiger partial charge in [-0.15, -0.1) is 0 Å². The molecule has 0 aliphatic carbocycles. The predicted molar refractivity (Wildman–Crippen MR) is 138 cm³/mol. The summed E-state index contributed by atoms with van der Waals surface area (Å²) >= 11 is 18.3. The van der Waals surface area contributed by atoms with Gasteiger partial charge in [0.2, 0.25) is 21.8 Å². The van der Waals surface area contributed by atoms with Crippen LogP contribution in [0, 0.1) is 6.92 Å². The lowest BCUT2D eigenvalue weighted by molar-refractivity contribution is -0.140. The molecule has 7 nitrogen and oxygen atoms in total. The molecule has 1 unspecified atom stereocenters. The molecule has 1 N–H and O–H groups in total. The summed E-state index contributed by atoms with van der Waals surface area (Å²) in [5.74, 6) is -0.881. The van der Waals surface area contributed by atoms with Gasteiger partial charge in [-0.25, -0.2) is 8.42 Å². The summed E-state index contributed by atoms with van der Waals surface area (Å²) in [6.45, 7) is 5.28. The minimum absolute atomic E-state index is 0.0393. The Morgan fingerprint density at radius 3 is 2.21 bits per heavy atom. The van der Waals surface area contributed by atoms with Crippen LogP contribution in [-0.2, 0) is 26.2 Å². The Morgan fingerprint density at radius 1 is 1.00 bits per heavy atom. The standard InChI is InChI=1S/C23H28Cl3N3O4S/c1-5-21(23(31)27-6-2)28(13-16-8-10-18(24)20(26)11-16)22(30)14-29(34(4,32)33)17-9-7-15(3)19(25)12-17/h7-12,21H,5-6,13-14H2,1-4H3,(H,27,31). The molecule has 2 aromatic carbocycles. The number of carbonyl (C=O) groups excluding carboxylic acids is 2. The van der Waals surface area contributed by atoms with Gasteiger partial charge in [-0.2, -0.15) is 0 Å². The fourth-order valence-electron chi connectivity index (χ4n) is 3.40. The first-order valence-electron chi connectivity index (χ1n) is 10.6. The molecule has 1 atom stereocenters. The van der Waals surface area contributed by atoms with Gasteiger partial charge in [-0.3, -0.25) is 13.9 Å². The van der Waals surface area contributed by atoms with Crippen LogP contribution in [0.4, 0.5) is 5.69 Å². The van der Waals surface area contributed by atoms with Crippen LogP contribution in [0.25, 0.3) is 0 Å². The number of hydrogen-bond donors (Lipinski definition) is 1. The Hall–Kier alpha value is -2.00. The fourth-order valence-corrected chi connectivity index (χ4v) is 4.73. The average Bonchev–Trinajstić information content (AvgIpc) is 2.75. The van der Waals surface area contributed by atoms with Crippen LogP contribution in [0.1, 0.15) is 31.4 Å². The van der Waals surface area contributed by atoms with Gasteiger partial charge in [0.25, 0.3) is 0 Å². The lowest BCUT2D eigenvalue weighted by Gasteiger charge is -2.33. The van der Waals surface area contributed by atoms with Crippen molar-refractivity contribution in [2.45, 2.75) is 39.8 Å². The van der Waals surface area contributed by atoms with E-state index in [1.54, 1.807) is 51.1 Å². The Labute approximate surface area is 216 Å². The van der Waals surface area contributed by atoms with Crippen molar-refractivity contribution >= 4 is 62.3 Å². The van der Waals surface area contributed by atoms with Crippen molar-refractivity contribution in [3.63, 3.8) is 0 Å². The number of carbonyl (C=O) groups is 2. The molecule has 0 aliphatic heterocycles. The molecule has 34 heavy (non-hydrogen) atoms. The minimum Gasteiger partial charge on any atom is -0.355 e. The van der Waals surface area contributed by atoms with Crippen molar-refractivity contribution < 1.29 is 18.0 Å². The zero-order valence-electron chi connectivity index (χ0n) is 19.4. The second-order valence-electron chi connectivity index (χ2n) is 7.79. The Kier molecular flexibility index (Phi) is 10.1. The highest BCUT2D eigenvalue weighted by atomic mass is 35.5. The van der Waals surface area contributed by atoms with Gasteiger partial charge in [0.1, 0.15) is 12.6 Å². The maximum Gasteiger partial charge on any atom is 0.244 e. The van der Waals surface area contributed by atoms with Crippen molar-refractivity contribution in [3.05, 3.63) is 62.6 Å². The molecular weight excluding hydrogens is 521 g/mol. The lowest BCUT2D eigenvalue weighted by atomic mass is 10.1. The van der Waals surface area contributed by atoms with E-state index in [-0.39, 0.29) is 18.1 Å². The van der Waals surface area contributed by atoms with Crippen LogP contribution < -0.4 is 9.62 Å². The van der Waals surface area contributed by atoms with E-state index in [9.17, 15) is 18.0 Å². The number of rotatable bonds is 10. The van der Waals surface area contributed by atoms with Crippen LogP contribution in [0.15, 0.2) is 36.4 Å². The summed E-state index contributed by atoms with van der Waals surface area (Å²) in [7, 11) is -3.84. The zero-order chi connectivity index (χ0) is 25.6. The molecule has 186 valence electrons. The van der Waals surface area contributed by atoms with Crippen LogP contribution in [-0.4, -0.2) is 50.5 Å². The van der Waals surface area contributed by atoms with E-state index in [0.29, 0.717) is 33.6 Å². The number of aryl methyl sites for hydroxylation is 1. The maximum atomic E-state index is 13.5. The van der Waals surface area contributed by atoms with Gasteiger partial charge >= 0.3 is 0 Å². The third-order valence-electron chi connectivity index (χ3n) is 5.20. The molecule has 2 amide bonds. The van der Waals surface area contributed by atoms with Crippen molar-refractivity contribution in [1.82, 2.24) is 10.2 Å². The van der Waals surface area contributed by atoms with Crippen molar-refractivity contribution in [2.75, 3.05) is 23.7 Å². The van der Waals surface area contributed by atoms with E-state index >= 15 is 0 Å². The number of benzene rings is 2. The molecule has 2 rings (SSSR count). The largest absolute Gasteiger partial charge is 0.355 e. The highest BCUT2D eigenvalue weighted by molar-refractivity contribution is 7.92. The Balaban J connectivity index is 2.47. The Bertz CT molecular complexity index is 1160. The summed E-state index contributed by atoms with van der Waals surface area (Å²) in [6, 6.07) is 8.86. The van der Waals surface area contributed by atoms with Crippen LogP contribution >= 0.6 is 34.8 Å². The highest BCUT2D eigenvalue weighted by Gasteiger charge is 2.31. The summed E-state index contributed by atoms with van der Waals surface area (Å²) in [6.07, 6.45) is 1.34. The van der Waals surface area contributed by atoms with Gasteiger partial charge in [-0.05, 0) is 55.7 Å². The fraction of sp³-hybridized carbons (Fsp3) is 0.391. The summed E-state index contributed by atoms with van der Waals surface area (Å²) in [5.41, 5.74) is 1.68. The number of anilines is 1. The third-order valence-corrected chi connectivity index (χ3v) is 7.48. The number of amides is 2. The number of likely N-dealkylation sites (N-methyl/N-ethyl adjacent to an activating group) is 1. The Morgan fingerprint density at radius 2 is 1.68 bits per heavy atom. The van der Waals surface area contributed by atoms with Crippen molar-refractivity contribution in [2.24, 2.45) is 0 Å². The molecule has 0 saturated heterocycles. The average molecular weight is 549 g/mol. The van der Waals surface area contributed by atoms with E-state index in [0.717, 1.165) is 16.1 Å². The monoisotopic (exact) mass is 547 g/mol. The number of nitrogens with zero attached hydrogens (tertiary/aromatic N) is 2. The maximum absolute atomic E-state index is 13.5. The number of hydrogen-bond acceptors (Lipinski definition) is 4. The molecular formula is C23H28Cl3N3O4S. The molecule has 0 heterocycles. The number of halogens is 3. The zero-order valence-corrected chi connectivity index (χ0v) is 22.5. The molecule has 11 heteroatoms. The SMILES string of the molecule is CCNC(=O)C(CC)N(Cc1ccc(Cl)c(Cl)c1)C(=O)CN(c1ccc(C)c(Cl)c1)S(C)(=O)=O. The topological polar surface area (TPSA) is 86.8 Å². The molecule has 2 aromatic rings. The van der Waals surface area contributed by atoms with Crippen LogP contribution in [0.3, 0.4) is 0 Å². The van der Waals surface area contributed by atoms with E-state index in [4.69, 9.17) is 34.8 Å². The van der Waals surface area contributed by atoms with Crippen molar-refractivity contribution in [3.8, 4) is 0 Å². The highest BCUT2D eigenvalue weighted by Crippen LogP contribution is 2.27. The van der Waals surface area contributed by atoms with E-state index < -0.39 is 28.5 Å². The minimum atomic E-state index is -3.84. The first kappa shape index (κ1) is 28.2. The summed E-state index contributed by atoms with van der Waals surface area (Å²) in [4.78, 5) is 27.7. The van der Waals surface area contributed by atoms with E-state index in [1.165, 1.54) is 11.0 Å². The van der Waals surface area contributed by atoms with Gasteiger partial charge in [0.15, 0.2) is 0 Å². The molecule has 0 bridgehead atoms. The molecule has 0 saturated carbocycles. The molecule has 0 aromatic heterocycles. The van der Waals surface area contributed by atoms with Gasteiger partial charge in [-0.1, -0.05) is 53.9 Å². The van der Waals surface area contributed by atoms with Gasteiger partial charge in [0, 0.05) is 18.1 Å². The van der Waals surface area contributed by atoms with Gasteiger partial charge in [0.05, 0.1) is 22.0 Å². The van der Waals surface area contributed by atoms with E-state index in [2.05, 4.69) is 5.32 Å². The quantitative estimate of drug-likeness (QED) is 0.468. The van der Waals surface area contributed by atoms with E-state index in [1.807, 2.05) is 0 Å². The number of nitrogens with one attached hydrogen (secondary N) is 1. The second kappa shape index (κ2) is 12.1. The normalized spacial score (nSPS) is 12.2.